The Kier molecular flexibility index (Phi) is 4.24. The Labute approximate surface area is 119 Å². The van der Waals surface area contributed by atoms with Crippen LogP contribution in [0.15, 0.2) is 24.3 Å². The number of hydrogen-bond donors (Lipinski definition) is 1. The van der Waals surface area contributed by atoms with Gasteiger partial charge in [-0.1, -0.05) is 18.2 Å². The Morgan fingerprint density at radius 2 is 2.00 bits per heavy atom. The lowest BCUT2D eigenvalue weighted by molar-refractivity contribution is -0.155. The lowest BCUT2D eigenvalue weighted by Crippen LogP contribution is -2.47. The minimum Gasteiger partial charge on any atom is -0.490 e. The number of rotatable bonds is 3. The van der Waals surface area contributed by atoms with Crippen LogP contribution >= 0.6 is 0 Å². The average Bonchev–Trinajstić information content (AvgIpc) is 2.49. The lowest BCUT2D eigenvalue weighted by atomic mass is 9.85. The molecule has 1 spiro atoms. The molecule has 0 aliphatic carbocycles. The van der Waals surface area contributed by atoms with E-state index < -0.39 is 0 Å². The lowest BCUT2D eigenvalue weighted by Gasteiger charge is -2.43. The van der Waals surface area contributed by atoms with Gasteiger partial charge in [0.05, 0.1) is 18.8 Å². The summed E-state index contributed by atoms with van der Waals surface area (Å²) >= 11 is 0. The van der Waals surface area contributed by atoms with Gasteiger partial charge in [-0.2, -0.15) is 0 Å². The normalized spacial score (nSPS) is 25.6. The molecule has 0 saturated carbocycles. The van der Waals surface area contributed by atoms with Crippen LogP contribution in [0.2, 0.25) is 0 Å². The average molecular weight is 278 g/mol. The molecule has 2 aliphatic rings. The number of para-hydroxylation sites is 1. The first kappa shape index (κ1) is 13.9. The molecule has 4 heteroatoms. The monoisotopic (exact) mass is 278 g/mol. The van der Waals surface area contributed by atoms with Crippen molar-refractivity contribution < 1.29 is 19.3 Å². The molecule has 2 aliphatic heterocycles. The Morgan fingerprint density at radius 3 is 2.80 bits per heavy atom. The predicted octanol–water partition coefficient (Wildman–Crippen LogP) is 2.29. The number of aliphatic hydroxyl groups is 1. The van der Waals surface area contributed by atoms with Crippen LogP contribution < -0.4 is 4.74 Å². The fourth-order valence-corrected chi connectivity index (χ4v) is 3.10. The van der Waals surface area contributed by atoms with Crippen molar-refractivity contribution in [3.05, 3.63) is 29.8 Å². The summed E-state index contributed by atoms with van der Waals surface area (Å²) < 4.78 is 17.6. The minimum absolute atomic E-state index is 0.0123. The van der Waals surface area contributed by atoms with E-state index in [1.807, 2.05) is 24.3 Å². The topological polar surface area (TPSA) is 47.9 Å². The van der Waals surface area contributed by atoms with Gasteiger partial charge in [0.15, 0.2) is 0 Å². The Morgan fingerprint density at radius 1 is 1.20 bits per heavy atom. The van der Waals surface area contributed by atoms with Crippen LogP contribution in [-0.2, 0) is 16.1 Å². The maximum Gasteiger partial charge on any atom is 0.125 e. The highest BCUT2D eigenvalue weighted by Gasteiger charge is 2.39. The van der Waals surface area contributed by atoms with Gasteiger partial charge in [-0.3, -0.25) is 0 Å². The van der Waals surface area contributed by atoms with E-state index in [9.17, 15) is 5.11 Å². The molecule has 2 saturated heterocycles. The van der Waals surface area contributed by atoms with Crippen molar-refractivity contribution in [3.8, 4) is 5.75 Å². The van der Waals surface area contributed by atoms with E-state index in [2.05, 4.69) is 0 Å². The van der Waals surface area contributed by atoms with E-state index >= 15 is 0 Å². The zero-order valence-corrected chi connectivity index (χ0v) is 11.7. The smallest absolute Gasteiger partial charge is 0.125 e. The third-order valence-electron chi connectivity index (χ3n) is 4.29. The van der Waals surface area contributed by atoms with Gasteiger partial charge in [0.25, 0.3) is 0 Å². The van der Waals surface area contributed by atoms with E-state index in [-0.39, 0.29) is 18.3 Å². The van der Waals surface area contributed by atoms with Gasteiger partial charge in [-0.25, -0.2) is 0 Å². The first-order chi connectivity index (χ1) is 9.81. The molecule has 1 unspecified atom stereocenters. The molecule has 1 atom stereocenters. The zero-order chi connectivity index (χ0) is 13.8. The van der Waals surface area contributed by atoms with E-state index in [4.69, 9.17) is 14.2 Å². The second kappa shape index (κ2) is 6.12. The molecule has 1 aromatic carbocycles. The van der Waals surface area contributed by atoms with Crippen molar-refractivity contribution in [2.45, 2.75) is 44.0 Å². The molecule has 2 fully saturated rings. The van der Waals surface area contributed by atoms with Crippen molar-refractivity contribution >= 4 is 0 Å². The molecule has 0 radical (unpaired) electrons. The second-order valence-electron chi connectivity index (χ2n) is 5.64. The maximum atomic E-state index is 9.37. The summed E-state index contributed by atoms with van der Waals surface area (Å²) in [7, 11) is 0. The van der Waals surface area contributed by atoms with Gasteiger partial charge in [0.2, 0.25) is 0 Å². The number of ether oxygens (including phenoxy) is 3. The molecular formula is C16H22O4. The highest BCUT2D eigenvalue weighted by Crippen LogP contribution is 2.36. The van der Waals surface area contributed by atoms with Crippen molar-refractivity contribution in [1.82, 2.24) is 0 Å². The molecule has 110 valence electrons. The first-order valence-corrected chi connectivity index (χ1v) is 7.38. The highest BCUT2D eigenvalue weighted by molar-refractivity contribution is 5.32. The van der Waals surface area contributed by atoms with Crippen molar-refractivity contribution in [1.29, 1.82) is 0 Å². The maximum absolute atomic E-state index is 9.37. The zero-order valence-electron chi connectivity index (χ0n) is 11.7. The summed E-state index contributed by atoms with van der Waals surface area (Å²) in [5.41, 5.74) is 0.787. The summed E-state index contributed by atoms with van der Waals surface area (Å²) in [5, 5.41) is 9.37. The summed E-state index contributed by atoms with van der Waals surface area (Å²) in [6, 6.07) is 7.69. The molecule has 0 aromatic heterocycles. The summed E-state index contributed by atoms with van der Waals surface area (Å²) in [6.07, 6.45) is 3.89. The molecule has 0 bridgehead atoms. The van der Waals surface area contributed by atoms with Crippen LogP contribution in [0.25, 0.3) is 0 Å². The second-order valence-corrected chi connectivity index (χ2v) is 5.64. The summed E-state index contributed by atoms with van der Waals surface area (Å²) in [4.78, 5) is 0. The minimum atomic E-state index is -0.0602. The van der Waals surface area contributed by atoms with Gasteiger partial charge in [0, 0.05) is 31.6 Å². The van der Waals surface area contributed by atoms with Gasteiger partial charge < -0.3 is 19.3 Å². The quantitative estimate of drug-likeness (QED) is 0.921. The molecule has 0 amide bonds. The van der Waals surface area contributed by atoms with Crippen LogP contribution in [0.1, 0.15) is 31.2 Å². The fourth-order valence-electron chi connectivity index (χ4n) is 3.10. The van der Waals surface area contributed by atoms with Crippen molar-refractivity contribution in [2.24, 2.45) is 0 Å². The Balaban J connectivity index is 1.68. The number of aliphatic hydroxyl groups excluding tert-OH is 1. The van der Waals surface area contributed by atoms with Crippen LogP contribution in [0, 0.1) is 0 Å². The molecule has 3 rings (SSSR count). The third-order valence-corrected chi connectivity index (χ3v) is 4.29. The van der Waals surface area contributed by atoms with E-state index in [0.29, 0.717) is 0 Å². The van der Waals surface area contributed by atoms with Crippen LogP contribution in [0.4, 0.5) is 0 Å². The van der Waals surface area contributed by atoms with E-state index in [0.717, 1.165) is 56.8 Å². The third kappa shape index (κ3) is 2.97. The van der Waals surface area contributed by atoms with Crippen LogP contribution in [0.3, 0.4) is 0 Å². The van der Waals surface area contributed by atoms with Gasteiger partial charge in [0.1, 0.15) is 11.9 Å². The molecule has 1 N–H and O–H groups in total. The summed E-state index contributed by atoms with van der Waals surface area (Å²) in [5.74, 6) is 0.795. The van der Waals surface area contributed by atoms with Crippen molar-refractivity contribution in [2.75, 3.05) is 19.8 Å². The van der Waals surface area contributed by atoms with E-state index in [1.54, 1.807) is 0 Å². The Bertz CT molecular complexity index is 434. The van der Waals surface area contributed by atoms with E-state index in [1.165, 1.54) is 0 Å². The molecule has 20 heavy (non-hydrogen) atoms. The molecule has 4 nitrogen and oxygen atoms in total. The first-order valence-electron chi connectivity index (χ1n) is 7.38. The fraction of sp³-hybridized carbons (Fsp3) is 0.625. The van der Waals surface area contributed by atoms with Gasteiger partial charge >= 0.3 is 0 Å². The Hall–Kier alpha value is -1.10. The highest BCUT2D eigenvalue weighted by atomic mass is 16.5. The SMILES string of the molecule is OCc1ccccc1OC1CCOC2(CCOCC2)C1. The number of benzene rings is 1. The van der Waals surface area contributed by atoms with Gasteiger partial charge in [-0.05, 0) is 18.9 Å². The largest absolute Gasteiger partial charge is 0.490 e. The molecule has 2 heterocycles. The predicted molar refractivity (Wildman–Crippen MR) is 74.8 cm³/mol. The van der Waals surface area contributed by atoms with Crippen molar-refractivity contribution in [3.63, 3.8) is 0 Å². The van der Waals surface area contributed by atoms with Gasteiger partial charge in [-0.15, -0.1) is 0 Å². The summed E-state index contributed by atoms with van der Waals surface area (Å²) in [6.45, 7) is 2.31. The molecular weight excluding hydrogens is 256 g/mol. The molecule has 1 aromatic rings. The van der Waals surface area contributed by atoms with Crippen LogP contribution in [0.5, 0.6) is 5.75 Å². The number of hydrogen-bond acceptors (Lipinski definition) is 4. The van der Waals surface area contributed by atoms with Crippen LogP contribution in [-0.4, -0.2) is 36.6 Å². The standard InChI is InChI=1S/C16H22O4/c17-12-13-3-1-2-4-15(13)20-14-5-8-19-16(11-14)6-9-18-10-7-16/h1-4,14,17H,5-12H2.